The van der Waals surface area contributed by atoms with Crippen LogP contribution in [0.15, 0.2) is 48.5 Å². The zero-order chi connectivity index (χ0) is 30.9. The Kier molecular flexibility index (Phi) is 7.18. The van der Waals surface area contributed by atoms with Gasteiger partial charge in [-0.15, -0.1) is 0 Å². The van der Waals surface area contributed by atoms with Crippen LogP contribution in [0, 0.1) is 34.5 Å². The summed E-state index contributed by atoms with van der Waals surface area (Å²) >= 11 is 0. The lowest BCUT2D eigenvalue weighted by Gasteiger charge is -2.65. The maximum Gasteiger partial charge on any atom is 0.191 e. The van der Waals surface area contributed by atoms with Gasteiger partial charge in [-0.05, 0) is 55.2 Å². The summed E-state index contributed by atoms with van der Waals surface area (Å²) in [6.45, 7) is 7.41. The van der Waals surface area contributed by atoms with Crippen molar-refractivity contribution in [3.8, 4) is 5.75 Å². The molecule has 0 radical (unpaired) electrons. The normalized spacial score (nSPS) is 36.0. The van der Waals surface area contributed by atoms with E-state index < -0.39 is 81.0 Å². The summed E-state index contributed by atoms with van der Waals surface area (Å²) in [4.78, 5) is 69.0. The Morgan fingerprint density at radius 2 is 1.60 bits per heavy atom. The molecular formula is C34H38O8. The summed E-state index contributed by atoms with van der Waals surface area (Å²) in [6.07, 6.45) is 0.0265. The van der Waals surface area contributed by atoms with Gasteiger partial charge >= 0.3 is 0 Å². The summed E-state index contributed by atoms with van der Waals surface area (Å²) in [5, 5.41) is 35.5. The molecule has 0 amide bonds. The molecule has 5 rings (SSSR count). The van der Waals surface area contributed by atoms with Crippen molar-refractivity contribution in [1.29, 1.82) is 0 Å². The number of aryl methyl sites for hydroxylation is 1. The Morgan fingerprint density at radius 3 is 2.19 bits per heavy atom. The molecule has 2 saturated carbocycles. The highest BCUT2D eigenvalue weighted by atomic mass is 16.3. The van der Waals surface area contributed by atoms with Crippen LogP contribution in [-0.4, -0.2) is 55.9 Å². The molecule has 3 N–H and O–H groups in total. The second-order valence-electron chi connectivity index (χ2n) is 13.1. The van der Waals surface area contributed by atoms with Crippen molar-refractivity contribution in [2.75, 3.05) is 0 Å². The van der Waals surface area contributed by atoms with Crippen molar-refractivity contribution in [3.05, 3.63) is 65.2 Å². The third-order valence-electron chi connectivity index (χ3n) is 10.6. The van der Waals surface area contributed by atoms with Gasteiger partial charge in [0.25, 0.3) is 0 Å². The van der Waals surface area contributed by atoms with E-state index in [0.29, 0.717) is 24.8 Å². The van der Waals surface area contributed by atoms with Crippen molar-refractivity contribution in [1.82, 2.24) is 0 Å². The number of aliphatic hydroxyl groups excluding tert-OH is 1. The molecule has 8 nitrogen and oxygen atoms in total. The number of benzene rings is 2. The second-order valence-corrected chi connectivity index (χ2v) is 13.1. The van der Waals surface area contributed by atoms with E-state index in [4.69, 9.17) is 0 Å². The number of Topliss-reactive ketones (excluding diaryl/α,β-unsaturated/α-hetero) is 5. The molecule has 0 spiro atoms. The Bertz CT molecular complexity index is 1490. The van der Waals surface area contributed by atoms with Gasteiger partial charge in [-0.25, -0.2) is 0 Å². The summed E-state index contributed by atoms with van der Waals surface area (Å²) in [6, 6.07) is 14.4. The van der Waals surface area contributed by atoms with E-state index in [0.717, 1.165) is 12.5 Å². The zero-order valence-electron chi connectivity index (χ0n) is 24.6. The lowest BCUT2D eigenvalue weighted by atomic mass is 9.37. The predicted molar refractivity (Wildman–Crippen MR) is 153 cm³/mol. The minimum atomic E-state index is -2.97. The number of ketones is 5. The first-order chi connectivity index (χ1) is 19.7. The number of rotatable bonds is 6. The topological polar surface area (TPSA) is 146 Å². The van der Waals surface area contributed by atoms with Crippen LogP contribution >= 0.6 is 0 Å². The fraction of sp³-hybridized carbons (Fsp3) is 0.500. The van der Waals surface area contributed by atoms with Gasteiger partial charge in [0, 0.05) is 16.7 Å². The molecule has 0 aromatic heterocycles. The smallest absolute Gasteiger partial charge is 0.191 e. The third kappa shape index (κ3) is 3.70. The van der Waals surface area contributed by atoms with Crippen molar-refractivity contribution >= 4 is 28.9 Å². The van der Waals surface area contributed by atoms with Crippen LogP contribution in [-0.2, 0) is 25.6 Å². The highest BCUT2D eigenvalue weighted by Gasteiger charge is 2.80. The molecule has 222 valence electrons. The average molecular weight is 575 g/mol. The third-order valence-corrected chi connectivity index (χ3v) is 10.6. The van der Waals surface area contributed by atoms with E-state index in [-0.39, 0.29) is 11.3 Å². The van der Waals surface area contributed by atoms with Gasteiger partial charge in [-0.2, -0.15) is 0 Å². The molecule has 0 bridgehead atoms. The number of carbonyl (C=O) groups is 5. The van der Waals surface area contributed by atoms with E-state index in [1.165, 1.54) is 13.0 Å². The van der Waals surface area contributed by atoms with Crippen LogP contribution in [0.5, 0.6) is 5.75 Å². The maximum atomic E-state index is 14.6. The SMILES string of the molecule is CC(=O)C1C(=O)C(C(C)C)[C@@]2(C)[C@H](O)[C@]3(C)C(C(=O)c4c(O)cccc4[C@H]3CCCc3ccccc3)C(=O)[C@@]2(O)C1=O. The molecule has 2 aromatic rings. The molecule has 2 aromatic carbocycles. The van der Waals surface area contributed by atoms with Crippen molar-refractivity contribution in [2.24, 2.45) is 34.5 Å². The molecule has 42 heavy (non-hydrogen) atoms. The van der Waals surface area contributed by atoms with Crippen LogP contribution in [0.1, 0.15) is 74.9 Å². The van der Waals surface area contributed by atoms with Crippen molar-refractivity contribution < 1.29 is 39.3 Å². The summed E-state index contributed by atoms with van der Waals surface area (Å²) < 4.78 is 0. The molecule has 8 atom stereocenters. The van der Waals surface area contributed by atoms with Crippen LogP contribution in [0.25, 0.3) is 0 Å². The number of hydrogen-bond acceptors (Lipinski definition) is 8. The average Bonchev–Trinajstić information content (AvgIpc) is 2.92. The maximum absolute atomic E-state index is 14.6. The van der Waals surface area contributed by atoms with E-state index in [2.05, 4.69) is 0 Å². The Labute approximate surface area is 245 Å². The van der Waals surface area contributed by atoms with Gasteiger partial charge < -0.3 is 15.3 Å². The van der Waals surface area contributed by atoms with Gasteiger partial charge in [0.15, 0.2) is 28.7 Å². The summed E-state index contributed by atoms with van der Waals surface area (Å²) in [7, 11) is 0. The number of phenols is 1. The fourth-order valence-corrected chi connectivity index (χ4v) is 8.77. The summed E-state index contributed by atoms with van der Waals surface area (Å²) in [5.41, 5.74) is -5.03. The molecule has 0 aliphatic heterocycles. The number of fused-ring (bicyclic) bond motifs is 3. The molecule has 3 unspecified atom stereocenters. The number of aliphatic hydroxyl groups is 2. The summed E-state index contributed by atoms with van der Waals surface area (Å²) in [5.74, 6) is -11.1. The van der Waals surface area contributed by atoms with E-state index in [9.17, 15) is 39.3 Å². The number of aromatic hydroxyl groups is 1. The van der Waals surface area contributed by atoms with Crippen LogP contribution in [0.3, 0.4) is 0 Å². The van der Waals surface area contributed by atoms with E-state index >= 15 is 0 Å². The van der Waals surface area contributed by atoms with E-state index in [1.54, 1.807) is 32.9 Å². The van der Waals surface area contributed by atoms with Crippen molar-refractivity contribution in [3.63, 3.8) is 0 Å². The monoisotopic (exact) mass is 574 g/mol. The highest BCUT2D eigenvalue weighted by molar-refractivity contribution is 6.32. The molecule has 0 saturated heterocycles. The van der Waals surface area contributed by atoms with Gasteiger partial charge in [0.2, 0.25) is 0 Å². The molecule has 3 aliphatic rings. The van der Waals surface area contributed by atoms with Crippen molar-refractivity contribution in [2.45, 2.75) is 71.5 Å². The lowest BCUT2D eigenvalue weighted by Crippen LogP contribution is -2.82. The second kappa shape index (κ2) is 10.1. The van der Waals surface area contributed by atoms with Crippen LogP contribution in [0.4, 0.5) is 0 Å². The Morgan fingerprint density at radius 1 is 0.952 bits per heavy atom. The minimum Gasteiger partial charge on any atom is -0.507 e. The van der Waals surface area contributed by atoms with Crippen LogP contribution in [0.2, 0.25) is 0 Å². The zero-order valence-corrected chi connectivity index (χ0v) is 24.6. The van der Waals surface area contributed by atoms with Gasteiger partial charge in [0.1, 0.15) is 17.5 Å². The molecular weight excluding hydrogens is 536 g/mol. The van der Waals surface area contributed by atoms with Gasteiger partial charge in [-0.3, -0.25) is 24.0 Å². The van der Waals surface area contributed by atoms with E-state index in [1.807, 2.05) is 30.3 Å². The Balaban J connectivity index is 1.73. The predicted octanol–water partition coefficient (Wildman–Crippen LogP) is 3.63. The first kappa shape index (κ1) is 30.0. The first-order valence-electron chi connectivity index (χ1n) is 14.6. The fourth-order valence-electron chi connectivity index (χ4n) is 8.77. The highest BCUT2D eigenvalue weighted by Crippen LogP contribution is 2.67. The quantitative estimate of drug-likeness (QED) is 0.444. The molecule has 3 aliphatic carbocycles. The molecule has 8 heteroatoms. The van der Waals surface area contributed by atoms with Crippen LogP contribution < -0.4 is 0 Å². The number of carbonyl (C=O) groups excluding carboxylic acids is 5. The first-order valence-corrected chi connectivity index (χ1v) is 14.6. The van der Waals surface area contributed by atoms with Gasteiger partial charge in [-0.1, -0.05) is 70.2 Å². The van der Waals surface area contributed by atoms with Gasteiger partial charge in [0.05, 0.1) is 17.6 Å². The number of phenolic OH excluding ortho intramolecular Hbond substituents is 1. The lowest BCUT2D eigenvalue weighted by molar-refractivity contribution is -0.241. The number of hydrogen-bond donors (Lipinski definition) is 3. The minimum absolute atomic E-state index is 0.0692. The standard InChI is InChI=1S/C34H38O8/c1-17(2)25-27(37)23(18(3)35)29(39)34(42)30(40)26-28(38)24-20(14-10-16-22(24)36)21(32(26,4)31(41)33(25,34)5)15-9-13-19-11-7-6-8-12-19/h6-8,10-12,14,16-17,21,23,25-26,31,36,41-42H,9,13,15H2,1-5H3/t21-,23?,25?,26?,31-,32+,33+,34+/m1/s1. The molecule has 0 heterocycles. The molecule has 2 fully saturated rings. The largest absolute Gasteiger partial charge is 0.507 e. The Hall–Kier alpha value is -3.49.